The fraction of sp³-hybridized carbons (Fsp3) is 0. The van der Waals surface area contributed by atoms with Gasteiger partial charge in [0.2, 0.25) is 5.30 Å². The van der Waals surface area contributed by atoms with Crippen LogP contribution in [-0.4, -0.2) is 0 Å². The number of anilines is 1. The van der Waals surface area contributed by atoms with E-state index in [0.29, 0.717) is 0 Å². The van der Waals surface area contributed by atoms with Crippen molar-refractivity contribution >= 4 is 18.9 Å². The van der Waals surface area contributed by atoms with Crippen LogP contribution in [0.1, 0.15) is 0 Å². The highest BCUT2D eigenvalue weighted by molar-refractivity contribution is 7.55. The molecular formula is C12H11NOP+. The van der Waals surface area contributed by atoms with Gasteiger partial charge in [-0.05, 0) is 28.8 Å². The minimum atomic E-state index is -1.55. The first-order chi connectivity index (χ1) is 7.36. The fourth-order valence-electron chi connectivity index (χ4n) is 1.26. The predicted octanol–water partition coefficient (Wildman–Crippen LogP) is 3.17. The summed E-state index contributed by atoms with van der Waals surface area (Å²) in [6.07, 6.45) is 0. The molecule has 2 aromatic rings. The lowest BCUT2D eigenvalue weighted by molar-refractivity contribution is 0.596. The Labute approximate surface area is 89.8 Å². The molecule has 0 aliphatic rings. The van der Waals surface area contributed by atoms with Gasteiger partial charge < -0.3 is 0 Å². The number of hydrogen-bond donors (Lipinski definition) is 1. The molecule has 2 rings (SSSR count). The Hall–Kier alpha value is -1.66. The molecule has 0 amide bonds. The number of benzene rings is 2. The van der Waals surface area contributed by atoms with Gasteiger partial charge >= 0.3 is 7.95 Å². The first-order valence-electron chi connectivity index (χ1n) is 4.70. The fourth-order valence-corrected chi connectivity index (χ4v) is 2.21. The molecule has 0 aromatic heterocycles. The zero-order chi connectivity index (χ0) is 10.5. The third-order valence-corrected chi connectivity index (χ3v) is 3.22. The molecule has 74 valence electrons. The van der Waals surface area contributed by atoms with Crippen molar-refractivity contribution < 1.29 is 4.57 Å². The summed E-state index contributed by atoms with van der Waals surface area (Å²) >= 11 is 0. The van der Waals surface area contributed by atoms with Crippen LogP contribution in [-0.2, 0) is 4.57 Å². The quantitative estimate of drug-likeness (QED) is 0.798. The summed E-state index contributed by atoms with van der Waals surface area (Å²) in [5.41, 5.74) is 0.877. The van der Waals surface area contributed by atoms with Crippen molar-refractivity contribution in [3.63, 3.8) is 0 Å². The van der Waals surface area contributed by atoms with E-state index >= 15 is 0 Å². The molecule has 0 aliphatic heterocycles. The summed E-state index contributed by atoms with van der Waals surface area (Å²) in [7, 11) is -1.55. The molecule has 0 heterocycles. The number of nitrogens with one attached hydrogen (secondary N) is 1. The molecule has 0 fully saturated rings. The Morgan fingerprint density at radius 3 is 1.93 bits per heavy atom. The smallest absolute Gasteiger partial charge is 0.174 e. The van der Waals surface area contributed by atoms with E-state index < -0.39 is 7.95 Å². The zero-order valence-corrected chi connectivity index (χ0v) is 9.02. The molecule has 0 spiro atoms. The van der Waals surface area contributed by atoms with Crippen LogP contribution in [0.15, 0.2) is 60.7 Å². The maximum Gasteiger partial charge on any atom is 0.499 e. The van der Waals surface area contributed by atoms with E-state index in [-0.39, 0.29) is 0 Å². The summed E-state index contributed by atoms with van der Waals surface area (Å²) in [6.45, 7) is 0. The molecular weight excluding hydrogens is 205 g/mol. The van der Waals surface area contributed by atoms with E-state index in [2.05, 4.69) is 5.09 Å². The van der Waals surface area contributed by atoms with Crippen LogP contribution in [0.2, 0.25) is 0 Å². The van der Waals surface area contributed by atoms with Gasteiger partial charge in [0.05, 0.1) is 5.69 Å². The second kappa shape index (κ2) is 4.72. The van der Waals surface area contributed by atoms with Crippen LogP contribution in [0.5, 0.6) is 0 Å². The maximum absolute atomic E-state index is 11.9. The Bertz CT molecular complexity index is 442. The highest BCUT2D eigenvalue weighted by Gasteiger charge is 2.18. The summed E-state index contributed by atoms with van der Waals surface area (Å²) in [5, 5.41) is 3.78. The first-order valence-corrected chi connectivity index (χ1v) is 5.96. The lowest BCUT2D eigenvalue weighted by atomic mass is 10.3. The third-order valence-electron chi connectivity index (χ3n) is 2.00. The maximum atomic E-state index is 11.9. The SMILES string of the molecule is O=[P+](Nc1ccccc1)c1ccccc1. The minimum absolute atomic E-state index is 0.816. The molecule has 2 nitrogen and oxygen atoms in total. The molecule has 2 aromatic carbocycles. The summed E-state index contributed by atoms with van der Waals surface area (Å²) in [6, 6.07) is 18.9. The molecule has 0 bridgehead atoms. The molecule has 1 atom stereocenters. The first kappa shape index (κ1) is 9.88. The second-order valence-corrected chi connectivity index (χ2v) is 4.44. The van der Waals surface area contributed by atoms with Crippen LogP contribution >= 0.6 is 7.95 Å². The number of rotatable bonds is 3. The van der Waals surface area contributed by atoms with Crippen molar-refractivity contribution in [2.45, 2.75) is 0 Å². The average Bonchev–Trinajstić information content (AvgIpc) is 2.31. The Morgan fingerprint density at radius 2 is 1.33 bits per heavy atom. The van der Waals surface area contributed by atoms with E-state index in [1.54, 1.807) is 0 Å². The van der Waals surface area contributed by atoms with Crippen LogP contribution in [0.3, 0.4) is 0 Å². The second-order valence-electron chi connectivity index (χ2n) is 3.11. The number of para-hydroxylation sites is 1. The number of hydrogen-bond acceptors (Lipinski definition) is 1. The van der Waals surface area contributed by atoms with Gasteiger partial charge in [-0.25, -0.2) is 0 Å². The van der Waals surface area contributed by atoms with Gasteiger partial charge in [0.25, 0.3) is 0 Å². The van der Waals surface area contributed by atoms with E-state index in [9.17, 15) is 4.57 Å². The van der Waals surface area contributed by atoms with Crippen LogP contribution in [0.4, 0.5) is 5.69 Å². The Balaban J connectivity index is 2.12. The standard InChI is InChI=1S/C12H11NOP/c14-15(12-9-5-2-6-10-12)13-11-7-3-1-4-8-11/h1-10H,(H,13,14)/q+1. The monoisotopic (exact) mass is 216 g/mol. The predicted molar refractivity (Wildman–Crippen MR) is 63.7 cm³/mol. The minimum Gasteiger partial charge on any atom is -0.174 e. The summed E-state index contributed by atoms with van der Waals surface area (Å²) < 4.78 is 11.9. The van der Waals surface area contributed by atoms with Crippen molar-refractivity contribution in [2.24, 2.45) is 0 Å². The van der Waals surface area contributed by atoms with E-state index in [0.717, 1.165) is 11.0 Å². The highest BCUT2D eigenvalue weighted by atomic mass is 31.1. The van der Waals surface area contributed by atoms with Crippen molar-refractivity contribution in [2.75, 3.05) is 5.09 Å². The van der Waals surface area contributed by atoms with Gasteiger partial charge in [0.15, 0.2) is 0 Å². The van der Waals surface area contributed by atoms with Gasteiger partial charge in [-0.15, -0.1) is 0 Å². The molecule has 1 N–H and O–H groups in total. The van der Waals surface area contributed by atoms with Crippen LogP contribution in [0.25, 0.3) is 0 Å². The van der Waals surface area contributed by atoms with Crippen molar-refractivity contribution in [3.05, 3.63) is 60.7 Å². The molecule has 15 heavy (non-hydrogen) atoms. The van der Waals surface area contributed by atoms with Gasteiger partial charge in [-0.2, -0.15) is 5.09 Å². The van der Waals surface area contributed by atoms with Gasteiger partial charge in [0.1, 0.15) is 0 Å². The van der Waals surface area contributed by atoms with E-state index in [1.807, 2.05) is 60.7 Å². The molecule has 0 aliphatic carbocycles. The van der Waals surface area contributed by atoms with Crippen molar-refractivity contribution in [1.29, 1.82) is 0 Å². The third kappa shape index (κ3) is 2.64. The summed E-state index contributed by atoms with van der Waals surface area (Å²) in [4.78, 5) is 0. The average molecular weight is 216 g/mol. The van der Waals surface area contributed by atoms with Crippen molar-refractivity contribution in [1.82, 2.24) is 0 Å². The van der Waals surface area contributed by atoms with Gasteiger partial charge in [0, 0.05) is 0 Å². The molecule has 0 saturated heterocycles. The zero-order valence-electron chi connectivity index (χ0n) is 8.13. The lowest BCUT2D eigenvalue weighted by Crippen LogP contribution is -2.00. The van der Waals surface area contributed by atoms with Crippen molar-refractivity contribution in [3.8, 4) is 0 Å². The topological polar surface area (TPSA) is 29.1 Å². The lowest BCUT2D eigenvalue weighted by Gasteiger charge is -1.93. The molecule has 0 radical (unpaired) electrons. The van der Waals surface area contributed by atoms with Crippen LogP contribution in [0, 0.1) is 0 Å². The molecule has 1 unspecified atom stereocenters. The largest absolute Gasteiger partial charge is 0.499 e. The Kier molecular flexibility index (Phi) is 3.11. The summed E-state index contributed by atoms with van der Waals surface area (Å²) in [5.74, 6) is 0. The molecule has 3 heteroatoms. The molecule has 0 saturated carbocycles. The normalized spacial score (nSPS) is 10.8. The van der Waals surface area contributed by atoms with E-state index in [1.165, 1.54) is 0 Å². The highest BCUT2D eigenvalue weighted by Crippen LogP contribution is 2.22. The van der Waals surface area contributed by atoms with Gasteiger partial charge in [-0.1, -0.05) is 36.4 Å². The van der Waals surface area contributed by atoms with E-state index in [4.69, 9.17) is 0 Å². The Morgan fingerprint density at radius 1 is 0.800 bits per heavy atom. The van der Waals surface area contributed by atoms with Crippen LogP contribution < -0.4 is 10.4 Å². The van der Waals surface area contributed by atoms with Gasteiger partial charge in [-0.3, -0.25) is 0 Å².